The van der Waals surface area contributed by atoms with Gasteiger partial charge in [-0.3, -0.25) is 14.9 Å². The lowest BCUT2D eigenvalue weighted by molar-refractivity contribution is -0.384. The lowest BCUT2D eigenvalue weighted by Crippen LogP contribution is -2.23. The Balaban J connectivity index is 1.57. The third-order valence-corrected chi connectivity index (χ3v) is 5.17. The quantitative estimate of drug-likeness (QED) is 0.227. The molecule has 0 saturated heterocycles. The Hall–Kier alpha value is -4.52. The molecule has 4 rings (SSSR count). The molecule has 2 aromatic heterocycles. The van der Waals surface area contributed by atoms with Crippen molar-refractivity contribution in [1.82, 2.24) is 25.3 Å². The van der Waals surface area contributed by atoms with Crippen LogP contribution in [0.25, 0.3) is 22.6 Å². The number of fused-ring (bicyclic) bond motifs is 1. The van der Waals surface area contributed by atoms with Crippen LogP contribution in [-0.2, 0) is 11.3 Å². The van der Waals surface area contributed by atoms with E-state index in [4.69, 9.17) is 17.3 Å². The van der Waals surface area contributed by atoms with Crippen LogP contribution in [0.3, 0.4) is 0 Å². The van der Waals surface area contributed by atoms with Crippen LogP contribution in [0.4, 0.5) is 17.2 Å². The molecule has 0 aliphatic rings. The van der Waals surface area contributed by atoms with Crippen molar-refractivity contribution in [3.63, 3.8) is 0 Å². The Bertz CT molecular complexity index is 1430. The van der Waals surface area contributed by atoms with Gasteiger partial charge in [0.1, 0.15) is 12.2 Å². The number of para-hydroxylation sites is 2. The van der Waals surface area contributed by atoms with E-state index in [-0.39, 0.29) is 34.3 Å². The number of rotatable bonds is 7. The molecule has 0 spiro atoms. The molecule has 1 amide bonds. The van der Waals surface area contributed by atoms with Crippen molar-refractivity contribution in [2.45, 2.75) is 6.54 Å². The SMILES string of the molecule is CN(C)c1cc(Cl)c(C=NNC(=O)Cn2c(-c3nonc3N)nc3ccccc32)cc1[N+](=O)[O-]. The molecule has 0 unspecified atom stereocenters. The Morgan fingerprint density at radius 2 is 2.12 bits per heavy atom. The van der Waals surface area contributed by atoms with E-state index in [0.717, 1.165) is 0 Å². The molecule has 34 heavy (non-hydrogen) atoms. The Morgan fingerprint density at radius 1 is 1.35 bits per heavy atom. The van der Waals surface area contributed by atoms with Gasteiger partial charge in [0, 0.05) is 25.7 Å². The molecule has 2 heterocycles. The van der Waals surface area contributed by atoms with Crippen LogP contribution < -0.4 is 16.1 Å². The number of hydrazone groups is 1. The highest BCUT2D eigenvalue weighted by Gasteiger charge is 2.21. The number of nitrogens with zero attached hydrogens (tertiary/aromatic N) is 7. The summed E-state index contributed by atoms with van der Waals surface area (Å²) in [6, 6.07) is 9.93. The maximum absolute atomic E-state index is 12.6. The van der Waals surface area contributed by atoms with Gasteiger partial charge in [-0.15, -0.1) is 0 Å². The van der Waals surface area contributed by atoms with Gasteiger partial charge < -0.3 is 15.2 Å². The molecule has 0 saturated carbocycles. The molecule has 0 fully saturated rings. The second-order valence-electron chi connectivity index (χ2n) is 7.32. The average molecular weight is 484 g/mol. The van der Waals surface area contributed by atoms with Gasteiger partial charge >= 0.3 is 0 Å². The van der Waals surface area contributed by atoms with Crippen molar-refractivity contribution in [3.05, 3.63) is 57.1 Å². The van der Waals surface area contributed by atoms with Crippen LogP contribution in [0.1, 0.15) is 5.56 Å². The van der Waals surface area contributed by atoms with Gasteiger partial charge in [-0.1, -0.05) is 23.7 Å². The molecule has 3 N–H and O–H groups in total. The highest BCUT2D eigenvalue weighted by molar-refractivity contribution is 6.33. The van der Waals surface area contributed by atoms with E-state index < -0.39 is 10.8 Å². The number of aromatic nitrogens is 4. The first kappa shape index (κ1) is 22.7. The highest BCUT2D eigenvalue weighted by Crippen LogP contribution is 2.32. The number of nitrogens with two attached hydrogens (primary N) is 1. The number of nitro groups is 1. The van der Waals surface area contributed by atoms with E-state index in [1.165, 1.54) is 18.3 Å². The number of carbonyl (C=O) groups excluding carboxylic acids is 1. The summed E-state index contributed by atoms with van der Waals surface area (Å²) < 4.78 is 6.26. The second kappa shape index (κ2) is 9.15. The average Bonchev–Trinajstić information content (AvgIpc) is 3.37. The molecule has 0 atom stereocenters. The molecule has 0 aliphatic carbocycles. The number of nitro benzene ring substituents is 1. The third kappa shape index (κ3) is 4.36. The summed E-state index contributed by atoms with van der Waals surface area (Å²) in [5.74, 6) is -0.157. The first-order valence-electron chi connectivity index (χ1n) is 9.77. The number of carbonyl (C=O) groups is 1. The summed E-state index contributed by atoms with van der Waals surface area (Å²) in [6.45, 7) is -0.174. The van der Waals surface area contributed by atoms with E-state index in [2.05, 4.69) is 30.5 Å². The number of nitrogen functional groups attached to an aromatic ring is 1. The van der Waals surface area contributed by atoms with Gasteiger partial charge in [0.15, 0.2) is 17.3 Å². The summed E-state index contributed by atoms with van der Waals surface area (Å²) in [5, 5.41) is 22.9. The summed E-state index contributed by atoms with van der Waals surface area (Å²) in [5.41, 5.74) is 10.2. The molecule has 4 aromatic rings. The van der Waals surface area contributed by atoms with Crippen molar-refractivity contribution >= 4 is 51.9 Å². The van der Waals surface area contributed by atoms with E-state index in [0.29, 0.717) is 22.5 Å². The maximum Gasteiger partial charge on any atom is 0.293 e. The fraction of sp³-hybridized carbons (Fsp3) is 0.150. The fourth-order valence-electron chi connectivity index (χ4n) is 3.29. The summed E-state index contributed by atoms with van der Waals surface area (Å²) in [7, 11) is 3.34. The molecule has 174 valence electrons. The van der Waals surface area contributed by atoms with Crippen molar-refractivity contribution in [2.75, 3.05) is 24.7 Å². The number of hydrogen-bond donors (Lipinski definition) is 2. The van der Waals surface area contributed by atoms with Gasteiger partial charge in [-0.2, -0.15) is 5.10 Å². The van der Waals surface area contributed by atoms with Gasteiger partial charge in [0.2, 0.25) is 0 Å². The topological polar surface area (TPSA) is 171 Å². The zero-order chi connectivity index (χ0) is 24.4. The fourth-order valence-corrected chi connectivity index (χ4v) is 3.50. The zero-order valence-corrected chi connectivity index (χ0v) is 18.7. The van der Waals surface area contributed by atoms with Crippen LogP contribution in [0.5, 0.6) is 0 Å². The van der Waals surface area contributed by atoms with Crippen molar-refractivity contribution in [1.29, 1.82) is 0 Å². The van der Waals surface area contributed by atoms with Crippen LogP contribution in [0.15, 0.2) is 46.1 Å². The Kier molecular flexibility index (Phi) is 6.10. The van der Waals surface area contributed by atoms with E-state index in [1.807, 2.05) is 6.07 Å². The summed E-state index contributed by atoms with van der Waals surface area (Å²) in [4.78, 5) is 29.6. The lowest BCUT2D eigenvalue weighted by Gasteiger charge is -2.13. The Morgan fingerprint density at radius 3 is 2.79 bits per heavy atom. The molecule has 0 bridgehead atoms. The van der Waals surface area contributed by atoms with Crippen LogP contribution in [0, 0.1) is 10.1 Å². The number of hydrogen-bond acceptors (Lipinski definition) is 10. The van der Waals surface area contributed by atoms with E-state index in [9.17, 15) is 14.9 Å². The molecule has 0 radical (unpaired) electrons. The minimum absolute atomic E-state index is 0.0346. The molecular formula is C20H18ClN9O4. The van der Waals surface area contributed by atoms with Gasteiger partial charge in [0.25, 0.3) is 11.6 Å². The molecule has 14 heteroatoms. The largest absolute Gasteiger partial charge is 0.379 e. The first-order valence-corrected chi connectivity index (χ1v) is 10.1. The smallest absolute Gasteiger partial charge is 0.293 e. The predicted molar refractivity (Wildman–Crippen MR) is 126 cm³/mol. The van der Waals surface area contributed by atoms with Gasteiger partial charge in [0.05, 0.1) is 27.2 Å². The summed E-state index contributed by atoms with van der Waals surface area (Å²) >= 11 is 6.24. The minimum Gasteiger partial charge on any atom is -0.379 e. The molecular weight excluding hydrogens is 466 g/mol. The lowest BCUT2D eigenvalue weighted by atomic mass is 10.1. The zero-order valence-electron chi connectivity index (χ0n) is 18.0. The number of anilines is 2. The van der Waals surface area contributed by atoms with E-state index in [1.54, 1.807) is 41.8 Å². The van der Waals surface area contributed by atoms with Crippen LogP contribution >= 0.6 is 11.6 Å². The first-order chi connectivity index (χ1) is 16.3. The second-order valence-corrected chi connectivity index (χ2v) is 7.72. The van der Waals surface area contributed by atoms with Crippen LogP contribution in [0.2, 0.25) is 5.02 Å². The van der Waals surface area contributed by atoms with Gasteiger partial charge in [-0.05, 0) is 28.5 Å². The maximum atomic E-state index is 12.6. The highest BCUT2D eigenvalue weighted by atomic mass is 35.5. The standard InChI is InChI=1S/C20H18ClN9O4/c1-28(2)15-8-12(21)11(7-16(15)30(32)33)9-23-25-17(31)10-29-14-6-4-3-5-13(14)24-20(29)18-19(22)27-34-26-18/h3-9H,10H2,1-2H3,(H2,22,27)(H,25,31). The van der Waals surface area contributed by atoms with E-state index >= 15 is 0 Å². The number of benzene rings is 2. The van der Waals surface area contributed by atoms with Crippen LogP contribution in [-0.4, -0.2) is 51.0 Å². The minimum atomic E-state index is -0.516. The van der Waals surface area contributed by atoms with Crippen molar-refractivity contribution in [2.24, 2.45) is 5.10 Å². The number of imidazole rings is 1. The number of halogens is 1. The molecule has 13 nitrogen and oxygen atoms in total. The number of amides is 1. The van der Waals surface area contributed by atoms with Gasteiger partial charge in [-0.25, -0.2) is 15.0 Å². The normalized spacial score (nSPS) is 11.3. The Labute approximate surface area is 196 Å². The molecule has 2 aromatic carbocycles. The predicted octanol–water partition coefficient (Wildman–Crippen LogP) is 2.45. The van der Waals surface area contributed by atoms with Crippen molar-refractivity contribution < 1.29 is 14.3 Å². The summed E-state index contributed by atoms with van der Waals surface area (Å²) in [6.07, 6.45) is 1.24. The number of nitrogens with one attached hydrogen (secondary N) is 1. The third-order valence-electron chi connectivity index (χ3n) is 4.85. The monoisotopic (exact) mass is 483 g/mol. The molecule has 0 aliphatic heterocycles. The van der Waals surface area contributed by atoms with Crippen molar-refractivity contribution in [3.8, 4) is 11.5 Å².